The number of carbonyl (C=O) groups excluding carboxylic acids is 1. The van der Waals surface area contributed by atoms with E-state index < -0.39 is 0 Å². The summed E-state index contributed by atoms with van der Waals surface area (Å²) in [5, 5.41) is 0. The summed E-state index contributed by atoms with van der Waals surface area (Å²) in [7, 11) is 0. The number of carbonyl (C=O) groups is 1. The maximum absolute atomic E-state index is 11.5. The summed E-state index contributed by atoms with van der Waals surface area (Å²) >= 11 is 0. The first-order valence-electron chi connectivity index (χ1n) is 6.43. The zero-order valence-corrected chi connectivity index (χ0v) is 11.5. The minimum Gasteiger partial charge on any atom is -0.460 e. The van der Waals surface area contributed by atoms with Gasteiger partial charge >= 0.3 is 5.97 Å². The first-order chi connectivity index (χ1) is 8.37. The molecule has 3 nitrogen and oxygen atoms in total. The van der Waals surface area contributed by atoms with Crippen LogP contribution in [-0.2, 0) is 16.0 Å². The maximum Gasteiger partial charge on any atom is 0.306 e. The first kappa shape index (κ1) is 14.6. The number of nitrogens with two attached hydrogens (primary N) is 1. The van der Waals surface area contributed by atoms with Crippen LogP contribution in [0.4, 0.5) is 5.69 Å². The predicted octanol–water partition coefficient (Wildman–Crippen LogP) is 3.32. The van der Waals surface area contributed by atoms with Crippen LogP contribution in [0.15, 0.2) is 24.3 Å². The average Bonchev–Trinajstić information content (AvgIpc) is 2.24. The first-order valence-corrected chi connectivity index (χ1v) is 6.43. The molecule has 0 saturated heterocycles. The van der Waals surface area contributed by atoms with E-state index in [1.807, 2.05) is 45.0 Å². The SMILES string of the molecule is CC(C)(C)OC(=O)CCCCc1ccc(N)cc1. The molecule has 0 atom stereocenters. The number of rotatable bonds is 5. The lowest BCUT2D eigenvalue weighted by Crippen LogP contribution is -2.23. The minimum absolute atomic E-state index is 0.111. The highest BCUT2D eigenvalue weighted by Gasteiger charge is 2.15. The molecule has 0 aliphatic heterocycles. The van der Waals surface area contributed by atoms with E-state index in [0.29, 0.717) is 6.42 Å². The highest BCUT2D eigenvalue weighted by molar-refractivity contribution is 5.69. The summed E-state index contributed by atoms with van der Waals surface area (Å²) in [6.07, 6.45) is 3.32. The van der Waals surface area contributed by atoms with Gasteiger partial charge in [-0.25, -0.2) is 0 Å². The summed E-state index contributed by atoms with van der Waals surface area (Å²) < 4.78 is 5.25. The van der Waals surface area contributed by atoms with Crippen molar-refractivity contribution in [3.63, 3.8) is 0 Å². The highest BCUT2D eigenvalue weighted by Crippen LogP contribution is 2.12. The minimum atomic E-state index is -0.381. The lowest BCUT2D eigenvalue weighted by atomic mass is 10.1. The quantitative estimate of drug-likeness (QED) is 0.495. The summed E-state index contributed by atoms with van der Waals surface area (Å²) in [5.41, 5.74) is 7.28. The van der Waals surface area contributed by atoms with Gasteiger partial charge in [0.1, 0.15) is 5.60 Å². The van der Waals surface area contributed by atoms with Crippen molar-refractivity contribution in [2.45, 2.75) is 52.1 Å². The van der Waals surface area contributed by atoms with E-state index in [1.165, 1.54) is 5.56 Å². The zero-order chi connectivity index (χ0) is 13.6. The average molecular weight is 249 g/mol. The molecule has 0 amide bonds. The lowest BCUT2D eigenvalue weighted by molar-refractivity contribution is -0.154. The monoisotopic (exact) mass is 249 g/mol. The molecule has 1 aromatic rings. The van der Waals surface area contributed by atoms with Crippen molar-refractivity contribution in [3.8, 4) is 0 Å². The topological polar surface area (TPSA) is 52.3 Å². The van der Waals surface area contributed by atoms with E-state index in [-0.39, 0.29) is 11.6 Å². The molecule has 0 aliphatic carbocycles. The Labute approximate surface area is 109 Å². The Morgan fingerprint density at radius 3 is 2.33 bits per heavy atom. The van der Waals surface area contributed by atoms with Gasteiger partial charge in [-0.3, -0.25) is 4.79 Å². The number of benzene rings is 1. The second-order valence-electron chi connectivity index (χ2n) is 5.54. The van der Waals surface area contributed by atoms with Gasteiger partial charge < -0.3 is 10.5 Å². The van der Waals surface area contributed by atoms with Crippen LogP contribution in [0, 0.1) is 0 Å². The van der Waals surface area contributed by atoms with Crippen molar-refractivity contribution in [2.75, 3.05) is 5.73 Å². The highest BCUT2D eigenvalue weighted by atomic mass is 16.6. The van der Waals surface area contributed by atoms with Gasteiger partial charge in [0.15, 0.2) is 0 Å². The Kier molecular flexibility index (Phi) is 5.20. The molecule has 0 aliphatic rings. The molecule has 0 bridgehead atoms. The molecule has 2 N–H and O–H groups in total. The molecule has 1 aromatic carbocycles. The van der Waals surface area contributed by atoms with Crippen LogP contribution >= 0.6 is 0 Å². The van der Waals surface area contributed by atoms with Crippen LogP contribution in [0.25, 0.3) is 0 Å². The molecule has 1 rings (SSSR count). The van der Waals surface area contributed by atoms with Crippen LogP contribution in [0.5, 0.6) is 0 Å². The van der Waals surface area contributed by atoms with E-state index >= 15 is 0 Å². The van der Waals surface area contributed by atoms with Gasteiger partial charge in [0.2, 0.25) is 0 Å². The van der Waals surface area contributed by atoms with Gasteiger partial charge in [0, 0.05) is 12.1 Å². The number of hydrogen-bond acceptors (Lipinski definition) is 3. The Hall–Kier alpha value is -1.51. The zero-order valence-electron chi connectivity index (χ0n) is 11.5. The third-order valence-corrected chi connectivity index (χ3v) is 2.50. The maximum atomic E-state index is 11.5. The van der Waals surface area contributed by atoms with Gasteiger partial charge in [-0.15, -0.1) is 0 Å². The Morgan fingerprint density at radius 1 is 1.17 bits per heavy atom. The van der Waals surface area contributed by atoms with Crippen LogP contribution in [0.2, 0.25) is 0 Å². The van der Waals surface area contributed by atoms with Crippen molar-refractivity contribution in [2.24, 2.45) is 0 Å². The molecule has 0 saturated carbocycles. The van der Waals surface area contributed by atoms with E-state index in [4.69, 9.17) is 10.5 Å². The molecule has 3 heteroatoms. The van der Waals surface area contributed by atoms with Gasteiger partial charge in [-0.05, 0) is 57.7 Å². The second kappa shape index (κ2) is 6.43. The van der Waals surface area contributed by atoms with E-state index in [0.717, 1.165) is 24.9 Å². The normalized spacial score (nSPS) is 11.3. The molecule has 0 radical (unpaired) electrons. The van der Waals surface area contributed by atoms with Crippen LogP contribution < -0.4 is 5.73 Å². The van der Waals surface area contributed by atoms with Crippen molar-refractivity contribution >= 4 is 11.7 Å². The molecular weight excluding hydrogens is 226 g/mol. The largest absolute Gasteiger partial charge is 0.460 e. The molecule has 0 heterocycles. The molecular formula is C15H23NO2. The van der Waals surface area contributed by atoms with Crippen LogP contribution in [-0.4, -0.2) is 11.6 Å². The number of unbranched alkanes of at least 4 members (excludes halogenated alkanes) is 1. The second-order valence-corrected chi connectivity index (χ2v) is 5.54. The van der Waals surface area contributed by atoms with Gasteiger partial charge in [-0.1, -0.05) is 12.1 Å². The molecule has 0 spiro atoms. The summed E-state index contributed by atoms with van der Waals surface area (Å²) in [6.45, 7) is 5.66. The summed E-state index contributed by atoms with van der Waals surface area (Å²) in [6, 6.07) is 7.87. The Balaban J connectivity index is 2.19. The van der Waals surface area contributed by atoms with Crippen LogP contribution in [0.3, 0.4) is 0 Å². The standard InChI is InChI=1S/C15H23NO2/c1-15(2,3)18-14(17)7-5-4-6-12-8-10-13(16)11-9-12/h8-11H,4-7,16H2,1-3H3. The predicted molar refractivity (Wildman–Crippen MR) is 74.3 cm³/mol. The smallest absolute Gasteiger partial charge is 0.306 e. The summed E-state index contributed by atoms with van der Waals surface area (Å²) in [5.74, 6) is -0.111. The van der Waals surface area contributed by atoms with E-state index in [9.17, 15) is 4.79 Å². The molecule has 18 heavy (non-hydrogen) atoms. The number of esters is 1. The summed E-state index contributed by atoms with van der Waals surface area (Å²) in [4.78, 5) is 11.5. The van der Waals surface area contributed by atoms with Crippen molar-refractivity contribution < 1.29 is 9.53 Å². The molecule has 0 fully saturated rings. The van der Waals surface area contributed by atoms with Crippen LogP contribution in [0.1, 0.15) is 45.6 Å². The van der Waals surface area contributed by atoms with Gasteiger partial charge in [0.25, 0.3) is 0 Å². The molecule has 0 aromatic heterocycles. The number of aryl methyl sites for hydroxylation is 1. The number of hydrogen-bond donors (Lipinski definition) is 1. The lowest BCUT2D eigenvalue weighted by Gasteiger charge is -2.19. The fourth-order valence-electron chi connectivity index (χ4n) is 1.68. The Morgan fingerprint density at radius 2 is 1.78 bits per heavy atom. The fourth-order valence-corrected chi connectivity index (χ4v) is 1.68. The Bertz CT molecular complexity index is 376. The van der Waals surface area contributed by atoms with Gasteiger partial charge in [0.05, 0.1) is 0 Å². The van der Waals surface area contributed by atoms with Crippen molar-refractivity contribution in [3.05, 3.63) is 29.8 Å². The van der Waals surface area contributed by atoms with Gasteiger partial charge in [-0.2, -0.15) is 0 Å². The number of ether oxygens (including phenoxy) is 1. The van der Waals surface area contributed by atoms with Crippen molar-refractivity contribution in [1.82, 2.24) is 0 Å². The third kappa shape index (κ3) is 6.28. The number of nitrogen functional groups attached to an aromatic ring is 1. The molecule has 100 valence electrons. The number of anilines is 1. The van der Waals surface area contributed by atoms with E-state index in [1.54, 1.807) is 0 Å². The molecule has 0 unspecified atom stereocenters. The fraction of sp³-hybridized carbons (Fsp3) is 0.533. The third-order valence-electron chi connectivity index (χ3n) is 2.50. The van der Waals surface area contributed by atoms with Crippen molar-refractivity contribution in [1.29, 1.82) is 0 Å². The van der Waals surface area contributed by atoms with E-state index in [2.05, 4.69) is 0 Å².